The minimum atomic E-state index is -2.68. The van der Waals surface area contributed by atoms with E-state index in [9.17, 15) is 13.6 Å². The molecule has 1 aromatic heterocycles. The first-order valence-electron chi connectivity index (χ1n) is 4.25. The van der Waals surface area contributed by atoms with Crippen molar-refractivity contribution in [2.75, 3.05) is 12.8 Å². The lowest BCUT2D eigenvalue weighted by Crippen LogP contribution is -2.10. The molecule has 2 N–H and O–H groups in total. The third-order valence-corrected chi connectivity index (χ3v) is 2.75. The van der Waals surface area contributed by atoms with Gasteiger partial charge in [0, 0.05) is 9.13 Å². The van der Waals surface area contributed by atoms with Crippen LogP contribution in [0.5, 0.6) is 0 Å². The average Bonchev–Trinajstić information content (AvgIpc) is 2.22. The first-order valence-corrected chi connectivity index (χ1v) is 5.33. The first kappa shape index (κ1) is 13.1. The van der Waals surface area contributed by atoms with E-state index in [1.54, 1.807) is 22.6 Å². The van der Waals surface area contributed by atoms with Crippen LogP contribution in [-0.4, -0.2) is 18.1 Å². The number of aromatic nitrogens is 1. The van der Waals surface area contributed by atoms with Crippen molar-refractivity contribution in [3.05, 3.63) is 20.9 Å². The summed E-state index contributed by atoms with van der Waals surface area (Å²) in [5.41, 5.74) is 5.50. The minimum absolute atomic E-state index is 0.0684. The summed E-state index contributed by atoms with van der Waals surface area (Å²) in [4.78, 5) is 14.6. The Morgan fingerprint density at radius 1 is 1.69 bits per heavy atom. The van der Waals surface area contributed by atoms with E-state index in [2.05, 4.69) is 9.72 Å². The van der Waals surface area contributed by atoms with Crippen molar-refractivity contribution in [3.8, 4) is 0 Å². The molecule has 0 radical (unpaired) electrons. The SMILES string of the molecule is COC(=O)Cc1cc(I)c(C(F)F)nc1N. The first-order chi connectivity index (χ1) is 7.45. The topological polar surface area (TPSA) is 65.2 Å². The predicted molar refractivity (Wildman–Crippen MR) is 62.0 cm³/mol. The van der Waals surface area contributed by atoms with Crippen LogP contribution in [0.2, 0.25) is 0 Å². The van der Waals surface area contributed by atoms with Gasteiger partial charge < -0.3 is 10.5 Å². The van der Waals surface area contributed by atoms with Crippen LogP contribution in [0.3, 0.4) is 0 Å². The van der Waals surface area contributed by atoms with E-state index in [1.165, 1.54) is 13.2 Å². The lowest BCUT2D eigenvalue weighted by atomic mass is 10.1. The highest BCUT2D eigenvalue weighted by Crippen LogP contribution is 2.25. The molecule has 7 heteroatoms. The van der Waals surface area contributed by atoms with Crippen LogP contribution in [0.25, 0.3) is 0 Å². The van der Waals surface area contributed by atoms with Gasteiger partial charge in [-0.05, 0) is 28.7 Å². The van der Waals surface area contributed by atoms with E-state index < -0.39 is 12.4 Å². The standard InChI is InChI=1S/C9H9F2IN2O2/c1-16-6(15)3-4-2-5(12)7(8(10)11)14-9(4)13/h2,8H,3H2,1H3,(H2,13,14). The Kier molecular flexibility index (Phi) is 4.39. The van der Waals surface area contributed by atoms with E-state index in [0.717, 1.165) is 0 Å². The molecule has 4 nitrogen and oxygen atoms in total. The Hall–Kier alpha value is -0.990. The zero-order valence-corrected chi connectivity index (χ0v) is 10.5. The highest BCUT2D eigenvalue weighted by molar-refractivity contribution is 14.1. The van der Waals surface area contributed by atoms with E-state index in [4.69, 9.17) is 5.73 Å². The Morgan fingerprint density at radius 2 is 2.31 bits per heavy atom. The molecule has 0 aliphatic heterocycles. The Bertz CT molecular complexity index is 413. The van der Waals surface area contributed by atoms with Gasteiger partial charge >= 0.3 is 5.97 Å². The molecule has 0 aromatic carbocycles. The fourth-order valence-electron chi connectivity index (χ4n) is 1.08. The third-order valence-electron chi connectivity index (χ3n) is 1.88. The monoisotopic (exact) mass is 342 g/mol. The summed E-state index contributed by atoms with van der Waals surface area (Å²) in [5.74, 6) is -0.560. The number of halogens is 3. The summed E-state index contributed by atoms with van der Waals surface area (Å²) >= 11 is 1.73. The molecule has 0 unspecified atom stereocenters. The minimum Gasteiger partial charge on any atom is -0.469 e. The smallest absolute Gasteiger partial charge is 0.310 e. The number of anilines is 1. The number of nitrogen functional groups attached to an aromatic ring is 1. The number of ether oxygens (including phenoxy) is 1. The van der Waals surface area contributed by atoms with Crippen LogP contribution in [0.15, 0.2) is 6.07 Å². The molecule has 0 saturated carbocycles. The number of alkyl halides is 2. The average molecular weight is 342 g/mol. The van der Waals surface area contributed by atoms with Gasteiger partial charge in [-0.1, -0.05) is 0 Å². The van der Waals surface area contributed by atoms with Crippen LogP contribution < -0.4 is 5.73 Å². The molecular weight excluding hydrogens is 333 g/mol. The fourth-order valence-corrected chi connectivity index (χ4v) is 1.81. The fraction of sp³-hybridized carbons (Fsp3) is 0.333. The highest BCUT2D eigenvalue weighted by Gasteiger charge is 2.17. The van der Waals surface area contributed by atoms with Crippen molar-refractivity contribution in [1.82, 2.24) is 4.98 Å². The maximum atomic E-state index is 12.5. The molecule has 1 rings (SSSR count). The van der Waals surface area contributed by atoms with Crippen molar-refractivity contribution < 1.29 is 18.3 Å². The number of hydrogen-bond donors (Lipinski definition) is 1. The normalized spacial score (nSPS) is 10.6. The molecular formula is C9H9F2IN2O2. The second-order valence-corrected chi connectivity index (χ2v) is 4.12. The molecule has 0 bridgehead atoms. The van der Waals surface area contributed by atoms with Gasteiger partial charge in [-0.2, -0.15) is 0 Å². The second-order valence-electron chi connectivity index (χ2n) is 2.95. The summed E-state index contributed by atoms with van der Waals surface area (Å²) in [6.07, 6.45) is -2.75. The summed E-state index contributed by atoms with van der Waals surface area (Å²) in [5, 5.41) is 0. The Balaban J connectivity index is 3.05. The van der Waals surface area contributed by atoms with E-state index in [-0.39, 0.29) is 21.5 Å². The maximum Gasteiger partial charge on any atom is 0.310 e. The van der Waals surface area contributed by atoms with Crippen molar-refractivity contribution in [3.63, 3.8) is 0 Å². The molecule has 0 amide bonds. The Morgan fingerprint density at radius 3 is 2.81 bits per heavy atom. The molecule has 0 aliphatic rings. The lowest BCUT2D eigenvalue weighted by molar-refractivity contribution is -0.139. The Labute approximate surface area is 104 Å². The van der Waals surface area contributed by atoms with E-state index in [1.807, 2.05) is 0 Å². The zero-order valence-electron chi connectivity index (χ0n) is 8.34. The summed E-state index contributed by atoms with van der Waals surface area (Å²) in [7, 11) is 1.24. The molecule has 16 heavy (non-hydrogen) atoms. The summed E-state index contributed by atoms with van der Waals surface area (Å²) < 4.78 is 29.6. The molecule has 0 spiro atoms. The number of nitrogens with zero attached hydrogens (tertiary/aromatic N) is 1. The zero-order chi connectivity index (χ0) is 12.3. The number of hydrogen-bond acceptors (Lipinski definition) is 4. The van der Waals surface area contributed by atoms with Gasteiger partial charge in [0.25, 0.3) is 6.43 Å². The number of nitrogens with two attached hydrogens (primary N) is 1. The van der Waals surface area contributed by atoms with E-state index >= 15 is 0 Å². The third kappa shape index (κ3) is 3.00. The molecule has 0 aliphatic carbocycles. The molecule has 0 fully saturated rings. The van der Waals surface area contributed by atoms with Gasteiger partial charge in [0.2, 0.25) is 0 Å². The molecule has 1 aromatic rings. The quantitative estimate of drug-likeness (QED) is 0.673. The van der Waals surface area contributed by atoms with Crippen LogP contribution in [0.1, 0.15) is 17.7 Å². The number of esters is 1. The van der Waals surface area contributed by atoms with Crippen LogP contribution in [0.4, 0.5) is 14.6 Å². The lowest BCUT2D eigenvalue weighted by Gasteiger charge is -2.08. The van der Waals surface area contributed by atoms with Crippen molar-refractivity contribution >= 4 is 34.4 Å². The van der Waals surface area contributed by atoms with Crippen LogP contribution in [-0.2, 0) is 16.0 Å². The molecule has 0 atom stereocenters. The van der Waals surface area contributed by atoms with Crippen LogP contribution >= 0.6 is 22.6 Å². The number of carbonyl (C=O) groups excluding carboxylic acids is 1. The van der Waals surface area contributed by atoms with Gasteiger partial charge in [-0.3, -0.25) is 4.79 Å². The van der Waals surface area contributed by atoms with Crippen molar-refractivity contribution in [2.45, 2.75) is 12.8 Å². The van der Waals surface area contributed by atoms with Gasteiger partial charge in [-0.15, -0.1) is 0 Å². The van der Waals surface area contributed by atoms with Gasteiger partial charge in [-0.25, -0.2) is 13.8 Å². The maximum absolute atomic E-state index is 12.5. The molecule has 1 heterocycles. The van der Waals surface area contributed by atoms with E-state index in [0.29, 0.717) is 5.56 Å². The number of carbonyl (C=O) groups is 1. The number of rotatable bonds is 3. The number of methoxy groups -OCH3 is 1. The van der Waals surface area contributed by atoms with Gasteiger partial charge in [0.1, 0.15) is 11.5 Å². The van der Waals surface area contributed by atoms with Gasteiger partial charge in [0.05, 0.1) is 13.5 Å². The number of pyridine rings is 1. The van der Waals surface area contributed by atoms with Gasteiger partial charge in [0.15, 0.2) is 0 Å². The predicted octanol–water partition coefficient (Wildman–Crippen LogP) is 1.92. The second kappa shape index (κ2) is 5.37. The molecule has 0 saturated heterocycles. The summed E-state index contributed by atoms with van der Waals surface area (Å²) in [6, 6.07) is 1.42. The highest BCUT2D eigenvalue weighted by atomic mass is 127. The van der Waals surface area contributed by atoms with Crippen molar-refractivity contribution in [2.24, 2.45) is 0 Å². The van der Waals surface area contributed by atoms with Crippen molar-refractivity contribution in [1.29, 1.82) is 0 Å². The largest absolute Gasteiger partial charge is 0.469 e. The molecule has 88 valence electrons. The van der Waals surface area contributed by atoms with Crippen LogP contribution in [0, 0.1) is 3.57 Å². The summed E-state index contributed by atoms with van der Waals surface area (Å²) in [6.45, 7) is 0.